The predicted molar refractivity (Wildman–Crippen MR) is 116 cm³/mol. The first kappa shape index (κ1) is 20.3. The van der Waals surface area contributed by atoms with Crippen LogP contribution in [0.4, 0.5) is 0 Å². The van der Waals surface area contributed by atoms with Crippen molar-refractivity contribution in [1.29, 1.82) is 0 Å². The lowest BCUT2D eigenvalue weighted by molar-refractivity contribution is 0.0697. The first-order chi connectivity index (χ1) is 14.1. The van der Waals surface area contributed by atoms with E-state index in [-0.39, 0.29) is 17.9 Å². The number of piperidine rings is 1. The molecule has 0 spiro atoms. The van der Waals surface area contributed by atoms with Crippen LogP contribution in [0.3, 0.4) is 0 Å². The Kier molecular flexibility index (Phi) is 6.50. The van der Waals surface area contributed by atoms with Gasteiger partial charge in [0.1, 0.15) is 5.76 Å². The van der Waals surface area contributed by atoms with Gasteiger partial charge in [-0.25, -0.2) is 0 Å². The van der Waals surface area contributed by atoms with Crippen molar-refractivity contribution in [2.24, 2.45) is 0 Å². The van der Waals surface area contributed by atoms with Gasteiger partial charge in [0.05, 0.1) is 4.58 Å². The lowest BCUT2D eigenvalue weighted by Gasteiger charge is -2.32. The zero-order valence-electron chi connectivity index (χ0n) is 16.4. The van der Waals surface area contributed by atoms with E-state index in [1.165, 1.54) is 23.5 Å². The first-order valence-electron chi connectivity index (χ1n) is 9.97. The summed E-state index contributed by atoms with van der Waals surface area (Å²) in [5, 5.41) is 6.74. The summed E-state index contributed by atoms with van der Waals surface area (Å²) in [5.74, 6) is 2.88. The van der Waals surface area contributed by atoms with Crippen LogP contribution in [-0.2, 0) is 0 Å². The smallest absolute Gasteiger partial charge is 0.273 e. The molecule has 2 aromatic rings. The molecule has 0 atom stereocenters. The van der Waals surface area contributed by atoms with E-state index in [0.29, 0.717) is 29.1 Å². The molecule has 0 unspecified atom stereocenters. The quantitative estimate of drug-likeness (QED) is 0.792. The summed E-state index contributed by atoms with van der Waals surface area (Å²) in [4.78, 5) is 26.9. The van der Waals surface area contributed by atoms with Crippen LogP contribution >= 0.6 is 23.5 Å². The average Bonchev–Trinajstić information content (AvgIpc) is 3.21. The van der Waals surface area contributed by atoms with Crippen molar-refractivity contribution in [3.05, 3.63) is 52.9 Å². The van der Waals surface area contributed by atoms with Gasteiger partial charge < -0.3 is 14.7 Å². The molecular formula is C21H25N3O3S2. The molecule has 3 heterocycles. The molecule has 0 radical (unpaired) electrons. The number of rotatable bonds is 4. The minimum Gasteiger partial charge on any atom is -0.361 e. The van der Waals surface area contributed by atoms with E-state index >= 15 is 0 Å². The van der Waals surface area contributed by atoms with Gasteiger partial charge in [-0.3, -0.25) is 9.59 Å². The van der Waals surface area contributed by atoms with Crippen LogP contribution in [0.5, 0.6) is 0 Å². The van der Waals surface area contributed by atoms with E-state index in [2.05, 4.69) is 22.6 Å². The van der Waals surface area contributed by atoms with Crippen LogP contribution in [0.2, 0.25) is 0 Å². The molecule has 0 aliphatic carbocycles. The summed E-state index contributed by atoms with van der Waals surface area (Å²) in [6, 6.07) is 9.77. The Labute approximate surface area is 179 Å². The highest BCUT2D eigenvalue weighted by Gasteiger charge is 2.26. The van der Waals surface area contributed by atoms with Crippen LogP contribution in [0.15, 0.2) is 34.9 Å². The molecule has 2 amide bonds. The maximum Gasteiger partial charge on any atom is 0.273 e. The zero-order valence-corrected chi connectivity index (χ0v) is 18.1. The predicted octanol–water partition coefficient (Wildman–Crippen LogP) is 3.89. The third-order valence-electron chi connectivity index (χ3n) is 5.23. The molecule has 1 aromatic heterocycles. The number of amides is 2. The minimum atomic E-state index is -0.222. The largest absolute Gasteiger partial charge is 0.361 e. The van der Waals surface area contributed by atoms with E-state index in [4.69, 9.17) is 4.52 Å². The molecule has 29 heavy (non-hydrogen) atoms. The Morgan fingerprint density at radius 3 is 2.45 bits per heavy atom. The lowest BCUT2D eigenvalue weighted by Crippen LogP contribution is -2.46. The maximum atomic E-state index is 12.8. The van der Waals surface area contributed by atoms with Gasteiger partial charge in [-0.1, -0.05) is 17.3 Å². The monoisotopic (exact) mass is 431 g/mol. The first-order valence-corrected chi connectivity index (χ1v) is 12.1. The fourth-order valence-corrected chi connectivity index (χ4v) is 6.50. The molecule has 6 nitrogen and oxygen atoms in total. The van der Waals surface area contributed by atoms with Crippen LogP contribution in [0.25, 0.3) is 0 Å². The maximum absolute atomic E-state index is 12.8. The van der Waals surface area contributed by atoms with Crippen molar-refractivity contribution in [2.75, 3.05) is 24.6 Å². The van der Waals surface area contributed by atoms with Gasteiger partial charge in [0.25, 0.3) is 11.8 Å². The number of nitrogens with one attached hydrogen (secondary N) is 1. The van der Waals surface area contributed by atoms with Gasteiger partial charge >= 0.3 is 0 Å². The molecular weight excluding hydrogens is 406 g/mol. The van der Waals surface area contributed by atoms with Crippen molar-refractivity contribution in [1.82, 2.24) is 15.4 Å². The minimum absolute atomic E-state index is 0.0475. The van der Waals surface area contributed by atoms with E-state index < -0.39 is 0 Å². The van der Waals surface area contributed by atoms with E-state index in [9.17, 15) is 9.59 Å². The van der Waals surface area contributed by atoms with Crippen molar-refractivity contribution >= 4 is 35.3 Å². The van der Waals surface area contributed by atoms with Crippen molar-refractivity contribution in [3.8, 4) is 0 Å². The van der Waals surface area contributed by atoms with Crippen LogP contribution in [0, 0.1) is 6.92 Å². The molecule has 1 aromatic carbocycles. The molecule has 4 rings (SSSR count). The van der Waals surface area contributed by atoms with E-state index in [1.807, 2.05) is 40.6 Å². The summed E-state index contributed by atoms with van der Waals surface area (Å²) in [7, 11) is 0. The molecule has 2 aliphatic rings. The number of aromatic nitrogens is 1. The van der Waals surface area contributed by atoms with Crippen LogP contribution in [-0.4, -0.2) is 52.5 Å². The molecule has 8 heteroatoms. The number of aryl methyl sites for hydroxylation is 1. The second-order valence-corrected chi connectivity index (χ2v) is 10.1. The number of nitrogens with zero attached hydrogens (tertiary/aromatic N) is 2. The third kappa shape index (κ3) is 4.98. The number of thioether (sulfide) groups is 2. The standard InChI is InChI=1S/C21H25N3O3S2/c1-14-13-18(23-27-14)19(25)22-17-7-9-24(10-8-17)20(26)15-3-5-16(6-4-15)21-28-11-2-12-29-21/h3-6,13,17,21H,2,7-12H2,1H3,(H,22,25). The molecule has 1 N–H and O–H groups in total. The average molecular weight is 432 g/mol. The second-order valence-electron chi connectivity index (χ2n) is 7.41. The normalized spacial score (nSPS) is 18.6. The van der Waals surface area contributed by atoms with Gasteiger partial charge in [0.15, 0.2) is 5.69 Å². The number of benzene rings is 1. The highest BCUT2D eigenvalue weighted by Crippen LogP contribution is 2.43. The highest BCUT2D eigenvalue weighted by molar-refractivity contribution is 8.16. The Morgan fingerprint density at radius 2 is 1.83 bits per heavy atom. The summed E-state index contributed by atoms with van der Waals surface area (Å²) in [6.07, 6.45) is 2.75. The topological polar surface area (TPSA) is 75.4 Å². The van der Waals surface area contributed by atoms with Crippen molar-refractivity contribution in [2.45, 2.75) is 36.8 Å². The van der Waals surface area contributed by atoms with Gasteiger partial charge in [-0.15, -0.1) is 23.5 Å². The second kappa shape index (κ2) is 9.26. The number of carbonyl (C=O) groups excluding carboxylic acids is 2. The SMILES string of the molecule is Cc1cc(C(=O)NC2CCN(C(=O)c3ccc(C4SCCCS4)cc3)CC2)no1. The van der Waals surface area contributed by atoms with E-state index in [0.717, 1.165) is 18.4 Å². The Hall–Kier alpha value is -1.93. The highest BCUT2D eigenvalue weighted by atomic mass is 32.2. The summed E-state index contributed by atoms with van der Waals surface area (Å²) in [5.41, 5.74) is 2.33. The molecule has 0 bridgehead atoms. The van der Waals surface area contributed by atoms with E-state index in [1.54, 1.807) is 13.0 Å². The van der Waals surface area contributed by atoms with Crippen molar-refractivity contribution in [3.63, 3.8) is 0 Å². The third-order valence-corrected chi connectivity index (χ3v) is 8.25. The number of carbonyl (C=O) groups is 2. The summed E-state index contributed by atoms with van der Waals surface area (Å²) in [6.45, 7) is 3.03. The Bertz CT molecular complexity index is 854. The van der Waals surface area contributed by atoms with Crippen LogP contribution in [0.1, 0.15) is 56.0 Å². The number of likely N-dealkylation sites (tertiary alicyclic amines) is 1. The van der Waals surface area contributed by atoms with Gasteiger partial charge in [0.2, 0.25) is 0 Å². The number of hydrogen-bond donors (Lipinski definition) is 1. The van der Waals surface area contributed by atoms with Gasteiger partial charge in [-0.2, -0.15) is 0 Å². The van der Waals surface area contributed by atoms with Gasteiger partial charge in [0, 0.05) is 30.8 Å². The molecule has 2 saturated heterocycles. The summed E-state index contributed by atoms with van der Waals surface area (Å²) < 4.78 is 5.44. The molecule has 0 saturated carbocycles. The number of hydrogen-bond acceptors (Lipinski definition) is 6. The zero-order chi connectivity index (χ0) is 20.2. The Morgan fingerprint density at radius 1 is 1.14 bits per heavy atom. The molecule has 2 aliphatic heterocycles. The summed E-state index contributed by atoms with van der Waals surface area (Å²) >= 11 is 3.97. The fraction of sp³-hybridized carbons (Fsp3) is 0.476. The van der Waals surface area contributed by atoms with Crippen LogP contribution < -0.4 is 5.32 Å². The molecule has 2 fully saturated rings. The lowest BCUT2D eigenvalue weighted by atomic mass is 10.0. The Balaban J connectivity index is 1.29. The van der Waals surface area contributed by atoms with Crippen molar-refractivity contribution < 1.29 is 14.1 Å². The van der Waals surface area contributed by atoms with Gasteiger partial charge in [-0.05, 0) is 55.4 Å². The fourth-order valence-electron chi connectivity index (χ4n) is 3.61. The molecule has 154 valence electrons.